The molecular weight excluding hydrogens is 466 g/mol. The number of fused-ring (bicyclic) bond motifs is 2. The van der Waals surface area contributed by atoms with Gasteiger partial charge in [-0.3, -0.25) is 14.4 Å². The van der Waals surface area contributed by atoms with Crippen LogP contribution in [0.5, 0.6) is 0 Å². The standard InChI is InChI=1S/C29H35N5O3/c1-16(17-2-3-17)32-25-12-19(6-10-24(25)28(30)36)29(37)33-21-13-22-8-9-23(14-21)34(22)26-11-7-20(15-31-26)27(35)18-4-5-18/h6-7,10-12,15-18,21-23,32H,2-5,8-9,13-14H2,1H3,(H2,30,36)(H,33,37)/t16?,21-,22+,23-. The summed E-state index contributed by atoms with van der Waals surface area (Å²) in [6.07, 6.45) is 9.94. The fourth-order valence-corrected chi connectivity index (χ4v) is 6.18. The number of nitrogens with one attached hydrogen (secondary N) is 2. The monoisotopic (exact) mass is 501 g/mol. The van der Waals surface area contributed by atoms with Crippen molar-refractivity contribution in [2.75, 3.05) is 10.2 Å². The minimum atomic E-state index is -0.500. The first-order chi connectivity index (χ1) is 17.9. The molecule has 1 aromatic carbocycles. The molecular formula is C29H35N5O3. The number of ketones is 1. The van der Waals surface area contributed by atoms with Crippen LogP contribution < -0.4 is 21.3 Å². The average molecular weight is 502 g/mol. The van der Waals surface area contributed by atoms with Gasteiger partial charge in [0.15, 0.2) is 5.78 Å². The zero-order valence-electron chi connectivity index (χ0n) is 21.3. The molecule has 4 aliphatic rings. The van der Waals surface area contributed by atoms with Crippen molar-refractivity contribution in [3.8, 4) is 0 Å². The fourth-order valence-electron chi connectivity index (χ4n) is 6.18. The molecule has 37 heavy (non-hydrogen) atoms. The van der Waals surface area contributed by atoms with Crippen LogP contribution in [0.25, 0.3) is 0 Å². The van der Waals surface area contributed by atoms with Crippen LogP contribution >= 0.6 is 0 Å². The van der Waals surface area contributed by atoms with Crippen LogP contribution in [-0.2, 0) is 0 Å². The number of amides is 2. The number of carbonyl (C=O) groups is 3. The summed E-state index contributed by atoms with van der Waals surface area (Å²) in [5.74, 6) is 1.31. The van der Waals surface area contributed by atoms with E-state index in [0.29, 0.717) is 40.4 Å². The summed E-state index contributed by atoms with van der Waals surface area (Å²) >= 11 is 0. The summed E-state index contributed by atoms with van der Waals surface area (Å²) in [6, 6.07) is 9.92. The molecule has 4 fully saturated rings. The van der Waals surface area contributed by atoms with E-state index in [1.807, 2.05) is 12.1 Å². The Bertz CT molecular complexity index is 1210. The van der Waals surface area contributed by atoms with Gasteiger partial charge in [0.2, 0.25) is 0 Å². The van der Waals surface area contributed by atoms with E-state index in [0.717, 1.165) is 44.3 Å². The summed E-state index contributed by atoms with van der Waals surface area (Å²) in [5, 5.41) is 6.65. The predicted molar refractivity (Wildman–Crippen MR) is 142 cm³/mol. The molecule has 2 aliphatic heterocycles. The maximum absolute atomic E-state index is 13.2. The van der Waals surface area contributed by atoms with Crippen molar-refractivity contribution in [3.05, 3.63) is 53.2 Å². The number of carbonyl (C=O) groups excluding carboxylic acids is 3. The second-order valence-electron chi connectivity index (χ2n) is 11.4. The highest BCUT2D eigenvalue weighted by molar-refractivity contribution is 6.02. The Morgan fingerprint density at radius 3 is 2.27 bits per heavy atom. The lowest BCUT2D eigenvalue weighted by molar-refractivity contribution is 0.0924. The molecule has 2 aromatic rings. The largest absolute Gasteiger partial charge is 0.382 e. The quantitative estimate of drug-likeness (QED) is 0.449. The van der Waals surface area contributed by atoms with Crippen molar-refractivity contribution in [2.24, 2.45) is 17.6 Å². The summed E-state index contributed by atoms with van der Waals surface area (Å²) in [4.78, 5) is 44.5. The van der Waals surface area contributed by atoms with Crippen LogP contribution in [0.3, 0.4) is 0 Å². The third-order valence-electron chi connectivity index (χ3n) is 8.57. The maximum atomic E-state index is 13.2. The molecule has 2 aliphatic carbocycles. The Morgan fingerprint density at radius 1 is 0.973 bits per heavy atom. The van der Waals surface area contributed by atoms with Crippen LogP contribution in [0, 0.1) is 11.8 Å². The molecule has 8 heteroatoms. The van der Waals surface area contributed by atoms with Crippen molar-refractivity contribution < 1.29 is 14.4 Å². The number of piperidine rings is 1. The van der Waals surface area contributed by atoms with Crippen molar-refractivity contribution >= 4 is 29.1 Å². The number of nitrogens with zero attached hydrogens (tertiary/aromatic N) is 2. The Hall–Kier alpha value is -3.42. The van der Waals surface area contributed by atoms with Crippen molar-refractivity contribution in [3.63, 3.8) is 0 Å². The highest BCUT2D eigenvalue weighted by Crippen LogP contribution is 2.39. The SMILES string of the molecule is CC(Nc1cc(C(=O)N[C@H]2C[C@H]3CC[C@@H](C2)N3c2ccc(C(=O)C3CC3)cn2)ccc1C(N)=O)C1CC1. The van der Waals surface area contributed by atoms with E-state index in [1.165, 1.54) is 12.8 Å². The summed E-state index contributed by atoms with van der Waals surface area (Å²) in [5.41, 5.74) is 7.87. The Labute approximate surface area is 217 Å². The maximum Gasteiger partial charge on any atom is 0.251 e. The minimum Gasteiger partial charge on any atom is -0.382 e. The molecule has 3 heterocycles. The molecule has 4 N–H and O–H groups in total. The zero-order valence-corrected chi connectivity index (χ0v) is 21.3. The molecule has 0 spiro atoms. The van der Waals surface area contributed by atoms with E-state index in [2.05, 4.69) is 27.4 Å². The van der Waals surface area contributed by atoms with Gasteiger partial charge in [-0.25, -0.2) is 4.98 Å². The highest BCUT2D eigenvalue weighted by Gasteiger charge is 2.42. The van der Waals surface area contributed by atoms with Crippen LogP contribution in [0.2, 0.25) is 0 Å². The van der Waals surface area contributed by atoms with Gasteiger partial charge in [-0.15, -0.1) is 0 Å². The number of nitrogens with two attached hydrogens (primary N) is 1. The van der Waals surface area contributed by atoms with Crippen molar-refractivity contribution in [1.29, 1.82) is 0 Å². The van der Waals surface area contributed by atoms with Gasteiger partial charge < -0.3 is 21.3 Å². The first kappa shape index (κ1) is 23.9. The van der Waals surface area contributed by atoms with E-state index in [-0.39, 0.29) is 29.7 Å². The Morgan fingerprint density at radius 2 is 1.68 bits per heavy atom. The van der Waals surface area contributed by atoms with E-state index in [1.54, 1.807) is 24.4 Å². The van der Waals surface area contributed by atoms with Gasteiger partial charge in [0.25, 0.3) is 11.8 Å². The lowest BCUT2D eigenvalue weighted by Gasteiger charge is -2.40. The molecule has 2 bridgehead atoms. The normalized spacial score (nSPS) is 25.4. The Kier molecular flexibility index (Phi) is 6.13. The number of primary amides is 1. The van der Waals surface area contributed by atoms with Crippen molar-refractivity contribution in [1.82, 2.24) is 10.3 Å². The minimum absolute atomic E-state index is 0.0783. The van der Waals surface area contributed by atoms with E-state index in [4.69, 9.17) is 5.73 Å². The Balaban J connectivity index is 1.11. The summed E-state index contributed by atoms with van der Waals surface area (Å²) < 4.78 is 0. The third kappa shape index (κ3) is 4.93. The molecule has 2 saturated heterocycles. The number of benzene rings is 1. The molecule has 194 valence electrons. The lowest BCUT2D eigenvalue weighted by atomic mass is 9.96. The summed E-state index contributed by atoms with van der Waals surface area (Å²) in [7, 11) is 0. The second-order valence-corrected chi connectivity index (χ2v) is 11.4. The van der Waals surface area contributed by atoms with Crippen molar-refractivity contribution in [2.45, 2.75) is 82.5 Å². The van der Waals surface area contributed by atoms with Gasteiger partial charge in [-0.1, -0.05) is 0 Å². The molecule has 6 rings (SSSR count). The molecule has 2 saturated carbocycles. The third-order valence-corrected chi connectivity index (χ3v) is 8.57. The molecule has 2 amide bonds. The van der Waals surface area contributed by atoms with Gasteiger partial charge in [-0.05, 0) is 94.5 Å². The van der Waals surface area contributed by atoms with Crippen LogP contribution in [0.15, 0.2) is 36.5 Å². The first-order valence-electron chi connectivity index (χ1n) is 13.7. The van der Waals surface area contributed by atoms with E-state index >= 15 is 0 Å². The molecule has 8 nitrogen and oxygen atoms in total. The van der Waals surface area contributed by atoms with Gasteiger partial charge in [0.1, 0.15) is 5.82 Å². The summed E-state index contributed by atoms with van der Waals surface area (Å²) in [6.45, 7) is 2.10. The predicted octanol–water partition coefficient (Wildman–Crippen LogP) is 3.91. The van der Waals surface area contributed by atoms with Crippen LogP contribution in [0.1, 0.15) is 89.4 Å². The number of anilines is 2. The number of Topliss-reactive ketones (excluding diaryl/α,β-unsaturated/α-hetero) is 1. The van der Waals surface area contributed by atoms with Gasteiger partial charge in [-0.2, -0.15) is 0 Å². The van der Waals surface area contributed by atoms with E-state index < -0.39 is 5.91 Å². The van der Waals surface area contributed by atoms with Crippen LogP contribution in [-0.4, -0.2) is 46.7 Å². The topological polar surface area (TPSA) is 117 Å². The second kappa shape index (κ2) is 9.47. The smallest absolute Gasteiger partial charge is 0.251 e. The molecule has 1 unspecified atom stereocenters. The average Bonchev–Trinajstić information content (AvgIpc) is 3.80. The number of aromatic nitrogens is 1. The number of rotatable bonds is 9. The van der Waals surface area contributed by atoms with Gasteiger partial charge in [0.05, 0.1) is 5.56 Å². The first-order valence-corrected chi connectivity index (χ1v) is 13.7. The van der Waals surface area contributed by atoms with Crippen LogP contribution in [0.4, 0.5) is 11.5 Å². The molecule has 4 atom stereocenters. The van der Waals surface area contributed by atoms with Gasteiger partial charge >= 0.3 is 0 Å². The number of hydrogen-bond acceptors (Lipinski definition) is 6. The zero-order chi connectivity index (χ0) is 25.7. The lowest BCUT2D eigenvalue weighted by Crippen LogP contribution is -2.50. The van der Waals surface area contributed by atoms with Gasteiger partial charge in [0, 0.05) is 53.1 Å². The highest BCUT2D eigenvalue weighted by atomic mass is 16.2. The fraction of sp³-hybridized carbons (Fsp3) is 0.517. The molecule has 0 radical (unpaired) electrons. The number of hydrogen-bond donors (Lipinski definition) is 3. The number of pyridine rings is 1. The van der Waals surface area contributed by atoms with E-state index in [9.17, 15) is 14.4 Å². The molecule has 1 aromatic heterocycles.